The molecular formula is C22H19BrFN. The minimum atomic E-state index is -1.55. The van der Waals surface area contributed by atoms with Crippen LogP contribution < -0.4 is 0 Å². The molecule has 0 aliphatic rings. The van der Waals surface area contributed by atoms with Gasteiger partial charge in [-0.1, -0.05) is 107 Å². The predicted molar refractivity (Wildman–Crippen MR) is 106 cm³/mol. The number of hydrogen-bond donors (Lipinski definition) is 0. The Morgan fingerprint density at radius 2 is 1.20 bits per heavy atom. The van der Waals surface area contributed by atoms with E-state index in [-0.39, 0.29) is 11.9 Å². The Bertz CT molecular complexity index is 777. The monoisotopic (exact) mass is 395 g/mol. The molecular weight excluding hydrogens is 377 g/mol. The number of nitrogens with zero attached hydrogens (tertiary/aromatic N) is 1. The van der Waals surface area contributed by atoms with Gasteiger partial charge < -0.3 is 0 Å². The normalized spacial score (nSPS) is 13.0. The van der Waals surface area contributed by atoms with Crippen LogP contribution in [0.3, 0.4) is 0 Å². The van der Waals surface area contributed by atoms with E-state index < -0.39 is 5.67 Å². The zero-order valence-corrected chi connectivity index (χ0v) is 15.4. The van der Waals surface area contributed by atoms with E-state index >= 15 is 4.39 Å². The molecule has 0 radical (unpaired) electrons. The van der Waals surface area contributed by atoms with E-state index in [0.717, 1.165) is 16.8 Å². The first kappa shape index (κ1) is 17.6. The van der Waals surface area contributed by atoms with E-state index in [1.807, 2.05) is 91.0 Å². The average molecular weight is 396 g/mol. The van der Waals surface area contributed by atoms with Gasteiger partial charge in [0.15, 0.2) is 5.67 Å². The smallest absolute Gasteiger partial charge is 0.164 e. The van der Waals surface area contributed by atoms with Gasteiger partial charge in [-0.25, -0.2) is 4.39 Å². The van der Waals surface area contributed by atoms with Gasteiger partial charge in [0, 0.05) is 16.5 Å². The van der Waals surface area contributed by atoms with Gasteiger partial charge in [0.1, 0.15) is 0 Å². The number of rotatable bonds is 6. The summed E-state index contributed by atoms with van der Waals surface area (Å²) in [6.07, 6.45) is 0. The van der Waals surface area contributed by atoms with E-state index in [2.05, 4.69) is 15.9 Å². The molecule has 0 aromatic heterocycles. The van der Waals surface area contributed by atoms with Gasteiger partial charge in [0.2, 0.25) is 0 Å². The highest BCUT2D eigenvalue weighted by Crippen LogP contribution is 2.29. The third-order valence-corrected chi connectivity index (χ3v) is 4.97. The molecule has 0 amide bonds. The molecule has 126 valence electrons. The van der Waals surface area contributed by atoms with Crippen molar-refractivity contribution in [1.29, 1.82) is 0 Å². The van der Waals surface area contributed by atoms with E-state index in [9.17, 15) is 0 Å². The van der Waals surface area contributed by atoms with E-state index in [4.69, 9.17) is 4.99 Å². The van der Waals surface area contributed by atoms with E-state index in [0.29, 0.717) is 5.56 Å². The molecule has 0 N–H and O–H groups in total. The second-order valence-corrected chi connectivity index (χ2v) is 6.42. The fraction of sp³-hybridized carbons (Fsp3) is 0.136. The van der Waals surface area contributed by atoms with Crippen molar-refractivity contribution in [3.8, 4) is 0 Å². The van der Waals surface area contributed by atoms with Gasteiger partial charge >= 0.3 is 0 Å². The lowest BCUT2D eigenvalue weighted by Gasteiger charge is -2.22. The summed E-state index contributed by atoms with van der Waals surface area (Å²) in [5.74, 6) is 0. The van der Waals surface area contributed by atoms with Gasteiger partial charge in [-0.05, 0) is 5.56 Å². The Hall–Kier alpha value is -2.26. The van der Waals surface area contributed by atoms with Gasteiger partial charge in [-0.2, -0.15) is 0 Å². The quantitative estimate of drug-likeness (QED) is 0.370. The number of halogens is 2. The summed E-state index contributed by atoms with van der Waals surface area (Å²) in [4.78, 5) is 4.70. The Kier molecular flexibility index (Phi) is 5.77. The zero-order chi connectivity index (χ0) is 17.5. The highest BCUT2D eigenvalue weighted by Gasteiger charge is 2.30. The molecule has 3 rings (SSSR count). The van der Waals surface area contributed by atoms with Crippen molar-refractivity contribution in [3.05, 3.63) is 108 Å². The zero-order valence-electron chi connectivity index (χ0n) is 13.8. The van der Waals surface area contributed by atoms with Crippen molar-refractivity contribution in [2.45, 2.75) is 5.67 Å². The molecule has 1 atom stereocenters. The van der Waals surface area contributed by atoms with Gasteiger partial charge in [-0.15, -0.1) is 0 Å². The third kappa shape index (κ3) is 4.23. The Morgan fingerprint density at radius 3 is 1.64 bits per heavy atom. The van der Waals surface area contributed by atoms with Crippen molar-refractivity contribution in [2.24, 2.45) is 4.99 Å². The van der Waals surface area contributed by atoms with Crippen LogP contribution >= 0.6 is 15.9 Å². The Balaban J connectivity index is 1.99. The molecule has 25 heavy (non-hydrogen) atoms. The third-order valence-electron chi connectivity index (χ3n) is 4.09. The molecule has 3 aromatic carbocycles. The second kappa shape index (κ2) is 8.21. The number of benzene rings is 3. The van der Waals surface area contributed by atoms with Crippen molar-refractivity contribution in [1.82, 2.24) is 0 Å². The van der Waals surface area contributed by atoms with Crippen LogP contribution in [0.2, 0.25) is 0 Å². The summed E-state index contributed by atoms with van der Waals surface area (Å²) < 4.78 is 15.5. The summed E-state index contributed by atoms with van der Waals surface area (Å²) >= 11 is 3.33. The van der Waals surface area contributed by atoms with Crippen LogP contribution in [0.15, 0.2) is 96.0 Å². The lowest BCUT2D eigenvalue weighted by Crippen LogP contribution is -2.27. The lowest BCUT2D eigenvalue weighted by molar-refractivity contribution is 0.213. The van der Waals surface area contributed by atoms with Crippen LogP contribution in [-0.4, -0.2) is 17.6 Å². The molecule has 0 aliphatic heterocycles. The molecule has 0 saturated carbocycles. The molecule has 3 aromatic rings. The molecule has 0 bridgehead atoms. The van der Waals surface area contributed by atoms with Crippen LogP contribution in [0, 0.1) is 0 Å². The molecule has 0 aliphatic carbocycles. The minimum absolute atomic E-state index is 0.0569. The number of hydrogen-bond acceptors (Lipinski definition) is 1. The van der Waals surface area contributed by atoms with Crippen molar-refractivity contribution >= 4 is 21.6 Å². The maximum absolute atomic E-state index is 15.5. The molecule has 0 heterocycles. The SMILES string of the molecule is FC(CBr)(CN=C(c1ccccc1)c1ccccc1)c1ccccc1. The lowest BCUT2D eigenvalue weighted by atomic mass is 9.97. The first-order chi connectivity index (χ1) is 12.2. The van der Waals surface area contributed by atoms with Gasteiger partial charge in [-0.3, -0.25) is 4.99 Å². The maximum Gasteiger partial charge on any atom is 0.164 e. The van der Waals surface area contributed by atoms with Crippen LogP contribution in [0.4, 0.5) is 4.39 Å². The maximum atomic E-state index is 15.5. The number of alkyl halides is 2. The first-order valence-corrected chi connectivity index (χ1v) is 9.31. The van der Waals surface area contributed by atoms with Crippen LogP contribution in [0.25, 0.3) is 0 Å². The molecule has 1 nitrogen and oxygen atoms in total. The highest BCUT2D eigenvalue weighted by atomic mass is 79.9. The van der Waals surface area contributed by atoms with Crippen molar-refractivity contribution in [3.63, 3.8) is 0 Å². The van der Waals surface area contributed by atoms with Gasteiger partial charge in [0.25, 0.3) is 0 Å². The summed E-state index contributed by atoms with van der Waals surface area (Å²) in [6, 6.07) is 29.0. The molecule has 1 unspecified atom stereocenters. The standard InChI is InChI=1S/C22H19BrFN/c23-16-22(24,20-14-8-3-9-15-20)17-25-21(18-10-4-1-5-11-18)19-12-6-2-7-13-19/h1-15H,16-17H2. The molecule has 0 fully saturated rings. The summed E-state index contributed by atoms with van der Waals surface area (Å²) in [6.45, 7) is 0.0569. The van der Waals surface area contributed by atoms with Crippen molar-refractivity contribution < 1.29 is 4.39 Å². The predicted octanol–water partition coefficient (Wildman–Crippen LogP) is 5.78. The van der Waals surface area contributed by atoms with Gasteiger partial charge in [0.05, 0.1) is 12.3 Å². The molecule has 0 spiro atoms. The van der Waals surface area contributed by atoms with E-state index in [1.54, 1.807) is 0 Å². The average Bonchev–Trinajstić information content (AvgIpc) is 2.70. The highest BCUT2D eigenvalue weighted by molar-refractivity contribution is 9.09. The number of aliphatic imine (C=N–C) groups is 1. The van der Waals surface area contributed by atoms with E-state index in [1.165, 1.54) is 0 Å². The molecule has 3 heteroatoms. The summed E-state index contributed by atoms with van der Waals surface area (Å²) in [7, 11) is 0. The second-order valence-electron chi connectivity index (χ2n) is 5.86. The Labute approximate surface area is 156 Å². The first-order valence-electron chi connectivity index (χ1n) is 8.19. The van der Waals surface area contributed by atoms with Crippen molar-refractivity contribution in [2.75, 3.05) is 11.9 Å². The summed E-state index contributed by atoms with van der Waals surface area (Å²) in [5.41, 5.74) is 1.87. The van der Waals surface area contributed by atoms with Crippen LogP contribution in [0.1, 0.15) is 16.7 Å². The topological polar surface area (TPSA) is 12.4 Å². The summed E-state index contributed by atoms with van der Waals surface area (Å²) in [5, 5.41) is 0.199. The van der Waals surface area contributed by atoms with Crippen LogP contribution in [0.5, 0.6) is 0 Å². The molecule has 0 saturated heterocycles. The minimum Gasteiger partial charge on any atom is -0.280 e. The van der Waals surface area contributed by atoms with Crippen LogP contribution in [-0.2, 0) is 5.67 Å². The fourth-order valence-corrected chi connectivity index (χ4v) is 3.19. The fourth-order valence-electron chi connectivity index (χ4n) is 2.69. The largest absolute Gasteiger partial charge is 0.280 e. The Morgan fingerprint density at radius 1 is 0.760 bits per heavy atom.